The maximum atomic E-state index is 4.58. The Kier molecular flexibility index (Phi) is 11.9. The van der Waals surface area contributed by atoms with Gasteiger partial charge < -0.3 is 10.6 Å². The van der Waals surface area contributed by atoms with Gasteiger partial charge in [-0.25, -0.2) is 4.98 Å². The largest absolute Gasteiger partial charge is 0.356 e. The number of hydrogen-bond donors (Lipinski definition) is 2. The first-order valence-corrected chi connectivity index (χ1v) is 8.83. The highest BCUT2D eigenvalue weighted by molar-refractivity contribution is 14.0. The lowest BCUT2D eigenvalue weighted by molar-refractivity contribution is 0.489. The van der Waals surface area contributed by atoms with Crippen molar-refractivity contribution in [2.75, 3.05) is 13.6 Å². The van der Waals surface area contributed by atoms with Crippen LogP contribution in [0.25, 0.3) is 0 Å². The predicted octanol–water partition coefficient (Wildman–Crippen LogP) is 3.86. The Balaban J connectivity index is 0.00000441. The van der Waals surface area contributed by atoms with Gasteiger partial charge in [0.05, 0.1) is 10.7 Å². The third-order valence-corrected chi connectivity index (χ3v) is 4.40. The van der Waals surface area contributed by atoms with E-state index in [0.29, 0.717) is 6.04 Å². The number of nitrogens with zero attached hydrogens (tertiary/aromatic N) is 2. The van der Waals surface area contributed by atoms with Crippen LogP contribution < -0.4 is 10.6 Å². The molecular weight excluding hydrogens is 407 g/mol. The van der Waals surface area contributed by atoms with Crippen molar-refractivity contribution < 1.29 is 0 Å². The molecule has 0 aliphatic rings. The van der Waals surface area contributed by atoms with E-state index in [1.165, 1.54) is 23.5 Å². The van der Waals surface area contributed by atoms with E-state index < -0.39 is 0 Å². The van der Waals surface area contributed by atoms with Gasteiger partial charge in [0.15, 0.2) is 5.96 Å². The maximum Gasteiger partial charge on any atom is 0.191 e. The van der Waals surface area contributed by atoms with Crippen molar-refractivity contribution in [2.45, 2.75) is 59.4 Å². The Hall–Kier alpha value is -0.370. The lowest BCUT2D eigenvalue weighted by Gasteiger charge is -2.18. The topological polar surface area (TPSA) is 49.3 Å². The molecule has 2 N–H and O–H groups in total. The second-order valence-corrected chi connectivity index (χ2v) is 6.79. The summed E-state index contributed by atoms with van der Waals surface area (Å²) in [6.07, 6.45) is 4.38. The monoisotopic (exact) mass is 438 g/mol. The van der Waals surface area contributed by atoms with Crippen molar-refractivity contribution in [1.82, 2.24) is 15.6 Å². The van der Waals surface area contributed by atoms with Crippen LogP contribution in [0.3, 0.4) is 0 Å². The van der Waals surface area contributed by atoms with Crippen LogP contribution in [-0.2, 0) is 12.8 Å². The lowest BCUT2D eigenvalue weighted by atomic mass is 10.0. The molecule has 0 aliphatic heterocycles. The molecule has 0 radical (unpaired) electrons. The molecule has 1 atom stereocenters. The summed E-state index contributed by atoms with van der Waals surface area (Å²) in [5, 5.41) is 10.2. The van der Waals surface area contributed by atoms with Crippen molar-refractivity contribution >= 4 is 41.3 Å². The number of aryl methyl sites for hydroxylation is 1. The van der Waals surface area contributed by atoms with Crippen molar-refractivity contribution in [3.63, 3.8) is 0 Å². The van der Waals surface area contributed by atoms with E-state index in [9.17, 15) is 0 Å². The van der Waals surface area contributed by atoms with E-state index in [1.54, 1.807) is 11.3 Å². The zero-order chi connectivity index (χ0) is 15.7. The number of halogens is 1. The molecule has 0 aromatic carbocycles. The fraction of sp³-hybridized carbons (Fsp3) is 0.750. The summed E-state index contributed by atoms with van der Waals surface area (Å²) in [6.45, 7) is 9.74. The Morgan fingerprint density at radius 3 is 2.59 bits per heavy atom. The van der Waals surface area contributed by atoms with Gasteiger partial charge in [0, 0.05) is 31.4 Å². The zero-order valence-corrected chi connectivity index (χ0v) is 17.6. The lowest BCUT2D eigenvalue weighted by Crippen LogP contribution is -2.43. The second-order valence-electron chi connectivity index (χ2n) is 5.85. The van der Waals surface area contributed by atoms with Crippen LogP contribution in [-0.4, -0.2) is 30.6 Å². The fourth-order valence-corrected chi connectivity index (χ4v) is 2.80. The Morgan fingerprint density at radius 1 is 1.32 bits per heavy atom. The standard InChI is InChI=1S/C16H30N4S.HI/c1-6-15-20-14(11-21-15)9-10-18-16(17-5)19-13(4)8-7-12(2)3;/h11-13H,6-10H2,1-5H3,(H2,17,18,19);1H. The Morgan fingerprint density at radius 2 is 2.05 bits per heavy atom. The third-order valence-electron chi connectivity index (χ3n) is 3.36. The summed E-state index contributed by atoms with van der Waals surface area (Å²) in [6, 6.07) is 0.449. The van der Waals surface area contributed by atoms with Gasteiger partial charge >= 0.3 is 0 Å². The van der Waals surface area contributed by atoms with E-state index in [4.69, 9.17) is 0 Å². The summed E-state index contributed by atoms with van der Waals surface area (Å²) in [4.78, 5) is 8.86. The molecule has 0 aliphatic carbocycles. The minimum Gasteiger partial charge on any atom is -0.356 e. The minimum atomic E-state index is 0. The average molecular weight is 438 g/mol. The number of thiazole rings is 1. The first kappa shape index (κ1) is 21.6. The van der Waals surface area contributed by atoms with E-state index in [1.807, 2.05) is 7.05 Å². The first-order chi connectivity index (χ1) is 10.0. The van der Waals surface area contributed by atoms with E-state index in [-0.39, 0.29) is 24.0 Å². The highest BCUT2D eigenvalue weighted by Gasteiger charge is 2.06. The van der Waals surface area contributed by atoms with Crippen molar-refractivity contribution in [3.8, 4) is 0 Å². The number of guanidine groups is 1. The SMILES string of the molecule is CCc1nc(CCNC(=NC)NC(C)CCC(C)C)cs1.I. The first-order valence-electron chi connectivity index (χ1n) is 7.95. The fourth-order valence-electron chi connectivity index (χ4n) is 2.02. The highest BCUT2D eigenvalue weighted by atomic mass is 127. The minimum absolute atomic E-state index is 0. The van der Waals surface area contributed by atoms with Crippen LogP contribution in [0.15, 0.2) is 10.4 Å². The summed E-state index contributed by atoms with van der Waals surface area (Å²) in [5.41, 5.74) is 1.17. The summed E-state index contributed by atoms with van der Waals surface area (Å²) < 4.78 is 0. The zero-order valence-electron chi connectivity index (χ0n) is 14.5. The molecule has 1 aromatic rings. The van der Waals surface area contributed by atoms with Crippen LogP contribution in [0.2, 0.25) is 0 Å². The number of aliphatic imine (C=N–C) groups is 1. The summed E-state index contributed by atoms with van der Waals surface area (Å²) in [5.74, 6) is 1.64. The third kappa shape index (κ3) is 8.92. The van der Waals surface area contributed by atoms with Crippen LogP contribution in [0.4, 0.5) is 0 Å². The van der Waals surface area contributed by atoms with Gasteiger partial charge in [-0.1, -0.05) is 20.8 Å². The van der Waals surface area contributed by atoms with Crippen LogP contribution in [0, 0.1) is 5.92 Å². The molecule has 0 bridgehead atoms. The molecule has 1 rings (SSSR count). The van der Waals surface area contributed by atoms with Gasteiger partial charge in [0.2, 0.25) is 0 Å². The predicted molar refractivity (Wildman–Crippen MR) is 109 cm³/mol. The highest BCUT2D eigenvalue weighted by Crippen LogP contribution is 2.10. The van der Waals surface area contributed by atoms with E-state index >= 15 is 0 Å². The second kappa shape index (κ2) is 12.1. The van der Waals surface area contributed by atoms with E-state index in [2.05, 4.69) is 53.7 Å². The Labute approximate surface area is 156 Å². The molecule has 1 heterocycles. The normalized spacial score (nSPS) is 12.9. The van der Waals surface area contributed by atoms with Crippen molar-refractivity contribution in [2.24, 2.45) is 10.9 Å². The number of rotatable bonds is 8. The van der Waals surface area contributed by atoms with Gasteiger partial charge in [-0.05, 0) is 32.1 Å². The molecule has 0 saturated carbocycles. The molecule has 6 heteroatoms. The summed E-state index contributed by atoms with van der Waals surface area (Å²) in [7, 11) is 1.82. The molecule has 0 spiro atoms. The van der Waals surface area contributed by atoms with Crippen molar-refractivity contribution in [3.05, 3.63) is 16.1 Å². The number of aromatic nitrogens is 1. The van der Waals surface area contributed by atoms with Gasteiger partial charge in [0.25, 0.3) is 0 Å². The van der Waals surface area contributed by atoms with Crippen LogP contribution in [0.1, 0.15) is 51.2 Å². The van der Waals surface area contributed by atoms with Gasteiger partial charge in [-0.2, -0.15) is 0 Å². The summed E-state index contributed by atoms with van der Waals surface area (Å²) >= 11 is 1.75. The van der Waals surface area contributed by atoms with Crippen molar-refractivity contribution in [1.29, 1.82) is 0 Å². The molecule has 1 aromatic heterocycles. The number of nitrogens with one attached hydrogen (secondary N) is 2. The average Bonchev–Trinajstić information content (AvgIpc) is 2.92. The van der Waals surface area contributed by atoms with Gasteiger partial charge in [-0.15, -0.1) is 35.3 Å². The van der Waals surface area contributed by atoms with E-state index in [0.717, 1.165) is 31.3 Å². The molecule has 1 unspecified atom stereocenters. The smallest absolute Gasteiger partial charge is 0.191 e. The van der Waals surface area contributed by atoms with Crippen LogP contribution in [0.5, 0.6) is 0 Å². The Bertz CT molecular complexity index is 432. The molecule has 128 valence electrons. The molecule has 22 heavy (non-hydrogen) atoms. The molecule has 0 saturated heterocycles. The number of hydrogen-bond acceptors (Lipinski definition) is 3. The van der Waals surface area contributed by atoms with Crippen LogP contribution >= 0.6 is 35.3 Å². The molecule has 0 amide bonds. The molecular formula is C16H31IN4S. The molecule has 4 nitrogen and oxygen atoms in total. The van der Waals surface area contributed by atoms with Gasteiger partial charge in [-0.3, -0.25) is 4.99 Å². The quantitative estimate of drug-likeness (QED) is 0.368. The maximum absolute atomic E-state index is 4.58. The van der Waals surface area contributed by atoms with Gasteiger partial charge in [0.1, 0.15) is 0 Å². The molecule has 0 fully saturated rings.